The van der Waals surface area contributed by atoms with Gasteiger partial charge in [-0.3, -0.25) is 4.79 Å². The minimum absolute atomic E-state index is 0.295. The number of fused-ring (bicyclic) bond motifs is 2. The van der Waals surface area contributed by atoms with Crippen molar-refractivity contribution >= 4 is 17.4 Å². The van der Waals surface area contributed by atoms with Gasteiger partial charge in [-0.25, -0.2) is 4.98 Å². The second-order valence-corrected chi connectivity index (χ2v) is 9.85. The van der Waals surface area contributed by atoms with Crippen molar-refractivity contribution in [3.8, 4) is 0 Å². The quantitative estimate of drug-likeness (QED) is 0.696. The molecule has 1 aromatic heterocycles. The first-order valence-electron chi connectivity index (χ1n) is 12.6. The van der Waals surface area contributed by atoms with E-state index in [1.807, 2.05) is 0 Å². The molecule has 5 heteroatoms. The fourth-order valence-electron chi connectivity index (χ4n) is 5.56. The fourth-order valence-corrected chi connectivity index (χ4v) is 5.56. The Kier molecular flexibility index (Phi) is 6.61. The van der Waals surface area contributed by atoms with Crippen molar-refractivity contribution < 1.29 is 4.79 Å². The molecule has 1 atom stereocenters. The predicted molar refractivity (Wildman–Crippen MR) is 130 cm³/mol. The monoisotopic (exact) mass is 432 g/mol. The van der Waals surface area contributed by atoms with E-state index in [1.165, 1.54) is 42.5 Å². The van der Waals surface area contributed by atoms with Crippen molar-refractivity contribution in [3.63, 3.8) is 0 Å². The summed E-state index contributed by atoms with van der Waals surface area (Å²) in [5.41, 5.74) is 5.12. The molecule has 0 radical (unpaired) electrons. The van der Waals surface area contributed by atoms with Crippen molar-refractivity contribution in [2.24, 2.45) is 11.8 Å². The Hall–Kier alpha value is -2.56. The molecule has 5 rings (SSSR count). The van der Waals surface area contributed by atoms with Crippen molar-refractivity contribution in [2.75, 3.05) is 36.8 Å². The van der Waals surface area contributed by atoms with Crippen LogP contribution in [-0.2, 0) is 24.1 Å². The van der Waals surface area contributed by atoms with E-state index in [0.717, 1.165) is 75.2 Å². The highest BCUT2D eigenvalue weighted by Gasteiger charge is 2.25. The number of piperidine rings is 1. The second kappa shape index (κ2) is 9.93. The average molecular weight is 433 g/mol. The smallest absolute Gasteiger partial charge is 0.222 e. The van der Waals surface area contributed by atoms with Gasteiger partial charge in [0.25, 0.3) is 0 Å². The van der Waals surface area contributed by atoms with E-state index in [9.17, 15) is 4.79 Å². The molecule has 0 spiro atoms. The molecule has 2 aromatic rings. The number of aryl methyl sites for hydroxylation is 2. The Labute approximate surface area is 192 Å². The third-order valence-corrected chi connectivity index (χ3v) is 7.60. The number of nitrogens with one attached hydrogen (secondary N) is 2. The van der Waals surface area contributed by atoms with Gasteiger partial charge in [-0.15, -0.1) is 0 Å². The van der Waals surface area contributed by atoms with E-state index in [-0.39, 0.29) is 0 Å². The number of rotatable bonds is 6. The van der Waals surface area contributed by atoms with E-state index in [4.69, 9.17) is 4.98 Å². The number of hydrogen-bond donors (Lipinski definition) is 2. The van der Waals surface area contributed by atoms with Gasteiger partial charge in [-0.05, 0) is 86.5 Å². The Morgan fingerprint density at radius 3 is 2.75 bits per heavy atom. The lowest BCUT2D eigenvalue weighted by atomic mass is 9.85. The summed E-state index contributed by atoms with van der Waals surface area (Å²) in [7, 11) is 0. The summed E-state index contributed by atoms with van der Waals surface area (Å²) in [4.78, 5) is 19.6. The normalized spacial score (nSPS) is 20.6. The minimum Gasteiger partial charge on any atom is -0.385 e. The fraction of sp³-hybridized carbons (Fsp3) is 0.556. The van der Waals surface area contributed by atoms with E-state index in [2.05, 4.69) is 51.9 Å². The minimum atomic E-state index is 0.295. The third-order valence-electron chi connectivity index (χ3n) is 7.60. The van der Waals surface area contributed by atoms with Gasteiger partial charge < -0.3 is 15.5 Å². The molecule has 4 heterocycles. The standard InChI is InChI=1S/C27H36N4O/c32-26(12-11-24-10-9-22-5-3-15-28-27(22)30-24)31-16-13-20(14-17-31)7-8-21-18-23-4-1-2-6-25(23)29-19-21/h1-2,4,6,9-10,20-21,29H,3,5,7-8,11-19H2,(H,28,30). The topological polar surface area (TPSA) is 57.3 Å². The zero-order chi connectivity index (χ0) is 21.8. The average Bonchev–Trinajstić information content (AvgIpc) is 2.86. The van der Waals surface area contributed by atoms with Gasteiger partial charge in [0.15, 0.2) is 0 Å². The molecule has 5 nitrogen and oxygen atoms in total. The number of hydrogen-bond acceptors (Lipinski definition) is 4. The number of nitrogens with zero attached hydrogens (tertiary/aromatic N) is 2. The molecule has 1 fully saturated rings. The van der Waals surface area contributed by atoms with Crippen LogP contribution in [0.15, 0.2) is 36.4 Å². The zero-order valence-corrected chi connectivity index (χ0v) is 19.1. The summed E-state index contributed by atoms with van der Waals surface area (Å²) in [6.45, 7) is 3.95. The SMILES string of the molecule is O=C(CCc1ccc2c(n1)NCCC2)N1CCC(CCC2CNc3ccccc3C2)CC1. The van der Waals surface area contributed by atoms with Crippen molar-refractivity contribution in [3.05, 3.63) is 53.2 Å². The molecule has 1 unspecified atom stereocenters. The molecule has 0 bridgehead atoms. The van der Waals surface area contributed by atoms with Gasteiger partial charge in [0.2, 0.25) is 5.91 Å². The lowest BCUT2D eigenvalue weighted by molar-refractivity contribution is -0.132. The lowest BCUT2D eigenvalue weighted by Crippen LogP contribution is -2.38. The molecular formula is C27H36N4O. The molecule has 1 saturated heterocycles. The van der Waals surface area contributed by atoms with E-state index in [0.29, 0.717) is 12.3 Å². The zero-order valence-electron chi connectivity index (χ0n) is 19.1. The number of carbonyl (C=O) groups excluding carboxylic acids is 1. The third kappa shape index (κ3) is 5.08. The van der Waals surface area contributed by atoms with Gasteiger partial charge in [0.1, 0.15) is 5.82 Å². The highest BCUT2D eigenvalue weighted by Crippen LogP contribution is 2.30. The van der Waals surface area contributed by atoms with Crippen LogP contribution in [0.5, 0.6) is 0 Å². The van der Waals surface area contributed by atoms with Crippen LogP contribution in [0.1, 0.15) is 55.3 Å². The van der Waals surface area contributed by atoms with Crippen LogP contribution in [-0.4, -0.2) is 42.0 Å². The predicted octanol–water partition coefficient (Wildman–Crippen LogP) is 4.68. The first-order valence-corrected chi connectivity index (χ1v) is 12.6. The number of anilines is 2. The molecule has 1 amide bonds. The molecule has 170 valence electrons. The highest BCUT2D eigenvalue weighted by atomic mass is 16.2. The van der Waals surface area contributed by atoms with Gasteiger partial charge in [0.05, 0.1) is 0 Å². The molecule has 1 aromatic carbocycles. The van der Waals surface area contributed by atoms with E-state index < -0.39 is 0 Å². The first kappa shape index (κ1) is 21.3. The van der Waals surface area contributed by atoms with Crippen LogP contribution in [0.2, 0.25) is 0 Å². The summed E-state index contributed by atoms with van der Waals surface area (Å²) in [5.74, 6) is 2.83. The summed E-state index contributed by atoms with van der Waals surface area (Å²) < 4.78 is 0. The number of amides is 1. The number of benzene rings is 1. The Balaban J connectivity index is 1.03. The van der Waals surface area contributed by atoms with Crippen molar-refractivity contribution in [1.29, 1.82) is 0 Å². The van der Waals surface area contributed by atoms with Crippen LogP contribution < -0.4 is 10.6 Å². The molecule has 32 heavy (non-hydrogen) atoms. The first-order chi connectivity index (χ1) is 15.7. The van der Waals surface area contributed by atoms with Gasteiger partial charge in [0, 0.05) is 44.0 Å². The maximum atomic E-state index is 12.8. The Morgan fingerprint density at radius 1 is 1.00 bits per heavy atom. The van der Waals surface area contributed by atoms with E-state index >= 15 is 0 Å². The molecule has 3 aliphatic rings. The molecule has 2 N–H and O–H groups in total. The number of carbonyl (C=O) groups is 1. The van der Waals surface area contributed by atoms with Gasteiger partial charge in [-0.1, -0.05) is 24.3 Å². The van der Waals surface area contributed by atoms with Gasteiger partial charge in [-0.2, -0.15) is 0 Å². The molecule has 3 aliphatic heterocycles. The van der Waals surface area contributed by atoms with E-state index in [1.54, 1.807) is 0 Å². The molecule has 0 saturated carbocycles. The summed E-state index contributed by atoms with van der Waals surface area (Å²) >= 11 is 0. The number of likely N-dealkylation sites (tertiary alicyclic amines) is 1. The molecular weight excluding hydrogens is 396 g/mol. The maximum Gasteiger partial charge on any atom is 0.222 e. The van der Waals surface area contributed by atoms with Gasteiger partial charge >= 0.3 is 0 Å². The Morgan fingerprint density at radius 2 is 1.84 bits per heavy atom. The van der Waals surface area contributed by atoms with Crippen LogP contribution in [0.4, 0.5) is 11.5 Å². The van der Waals surface area contributed by atoms with Crippen LogP contribution in [0, 0.1) is 11.8 Å². The number of para-hydroxylation sites is 1. The van der Waals surface area contributed by atoms with Crippen LogP contribution >= 0.6 is 0 Å². The summed E-state index contributed by atoms with van der Waals surface area (Å²) in [5, 5.41) is 6.99. The molecule has 0 aliphatic carbocycles. The number of aromatic nitrogens is 1. The number of pyridine rings is 1. The highest BCUT2D eigenvalue weighted by molar-refractivity contribution is 5.76. The van der Waals surface area contributed by atoms with Crippen molar-refractivity contribution in [2.45, 2.75) is 57.8 Å². The largest absolute Gasteiger partial charge is 0.385 e. The van der Waals surface area contributed by atoms with Crippen LogP contribution in [0.25, 0.3) is 0 Å². The van der Waals surface area contributed by atoms with Crippen LogP contribution in [0.3, 0.4) is 0 Å². The van der Waals surface area contributed by atoms with Crippen molar-refractivity contribution in [1.82, 2.24) is 9.88 Å². The summed E-state index contributed by atoms with van der Waals surface area (Å²) in [6, 6.07) is 13.0. The Bertz CT molecular complexity index is 935. The maximum absolute atomic E-state index is 12.8. The summed E-state index contributed by atoms with van der Waals surface area (Å²) in [6.07, 6.45) is 9.69. The second-order valence-electron chi connectivity index (χ2n) is 9.85. The lowest BCUT2D eigenvalue weighted by Gasteiger charge is -2.33.